The first-order valence-corrected chi connectivity index (χ1v) is 15.9. The van der Waals surface area contributed by atoms with Gasteiger partial charge in [0.2, 0.25) is 0 Å². The van der Waals surface area contributed by atoms with Crippen LogP contribution in [0.5, 0.6) is 11.5 Å². The van der Waals surface area contributed by atoms with Gasteiger partial charge in [0.05, 0.1) is 13.2 Å². The van der Waals surface area contributed by atoms with Crippen molar-refractivity contribution in [3.63, 3.8) is 0 Å². The van der Waals surface area contributed by atoms with Gasteiger partial charge < -0.3 is 24.2 Å². The zero-order chi connectivity index (χ0) is 32.3. The molecule has 0 amide bonds. The molecule has 3 rings (SSSR count). The van der Waals surface area contributed by atoms with Crippen molar-refractivity contribution in [2.75, 3.05) is 32.7 Å². The molecule has 0 aromatic heterocycles. The number of phenols is 1. The normalized spacial score (nSPS) is 12.5. The van der Waals surface area contributed by atoms with E-state index in [2.05, 4.69) is 10.9 Å². The Hall–Kier alpha value is -3.80. The third-order valence-corrected chi connectivity index (χ3v) is 7.94. The van der Waals surface area contributed by atoms with Gasteiger partial charge in [-0.3, -0.25) is 14.2 Å². The molecule has 3 aromatic carbocycles. The second kappa shape index (κ2) is 16.3. The van der Waals surface area contributed by atoms with Crippen molar-refractivity contribution < 1.29 is 42.8 Å². The van der Waals surface area contributed by atoms with Crippen LogP contribution in [0.2, 0.25) is 0 Å². The van der Waals surface area contributed by atoms with Gasteiger partial charge in [-0.2, -0.15) is 0 Å². The molecule has 13 heteroatoms. The first-order valence-electron chi connectivity index (χ1n) is 14.1. The number of hydrogen-bond donors (Lipinski definition) is 4. The lowest BCUT2D eigenvalue weighted by Gasteiger charge is -2.27. The SMILES string of the molecule is CCOC(=O)CNN(NCC(=O)OCC)P(=O)(O)COc1cc(C)c(Cc2ccc(O)c(Cc3ccc(F)cc3)c2)c(C)c1. The van der Waals surface area contributed by atoms with E-state index in [-0.39, 0.29) is 24.8 Å². The van der Waals surface area contributed by atoms with E-state index in [1.807, 2.05) is 26.0 Å². The Kier molecular flexibility index (Phi) is 12.9. The van der Waals surface area contributed by atoms with Gasteiger partial charge in [-0.15, -0.1) is 0 Å². The maximum atomic E-state index is 13.3. The molecule has 0 spiro atoms. The molecule has 0 aliphatic carbocycles. The van der Waals surface area contributed by atoms with Crippen LogP contribution < -0.4 is 15.6 Å². The summed E-state index contributed by atoms with van der Waals surface area (Å²) in [6.07, 6.45) is 0.351. The number of carbonyl (C=O) groups excluding carboxylic acids is 2. The lowest BCUT2D eigenvalue weighted by atomic mass is 9.93. The van der Waals surface area contributed by atoms with Crippen molar-refractivity contribution >= 4 is 19.5 Å². The number of benzene rings is 3. The molecule has 0 bridgehead atoms. The van der Waals surface area contributed by atoms with Crippen molar-refractivity contribution in [2.24, 2.45) is 0 Å². The Morgan fingerprint density at radius 3 is 1.95 bits per heavy atom. The van der Waals surface area contributed by atoms with Gasteiger partial charge in [0.15, 0.2) is 6.35 Å². The fourth-order valence-corrected chi connectivity index (χ4v) is 5.44. The van der Waals surface area contributed by atoms with E-state index in [1.165, 1.54) is 12.1 Å². The number of rotatable bonds is 16. The molecule has 3 aromatic rings. The number of ether oxygens (including phenoxy) is 3. The summed E-state index contributed by atoms with van der Waals surface area (Å²) < 4.78 is 41.9. The molecule has 44 heavy (non-hydrogen) atoms. The average molecular weight is 632 g/mol. The highest BCUT2D eigenvalue weighted by atomic mass is 31.2. The molecule has 1 atom stereocenters. The van der Waals surface area contributed by atoms with E-state index < -0.39 is 38.9 Å². The summed E-state index contributed by atoms with van der Waals surface area (Å²) in [6, 6.07) is 15.1. The first kappa shape index (κ1) is 34.7. The van der Waals surface area contributed by atoms with Crippen LogP contribution in [0.1, 0.15) is 47.2 Å². The maximum absolute atomic E-state index is 13.3. The standard InChI is InChI=1S/C31H39FN3O8P/c1-5-41-30(37)18-33-35(34-19-31(38)42-6-2)44(39,40)20-43-27-13-21(3)28(22(4)14-27)17-24-9-12-29(36)25(16-24)15-23-7-10-26(32)11-8-23/h7-14,16,33-34,36H,5-6,15,17-20H2,1-4H3,(H,39,40). The quantitative estimate of drug-likeness (QED) is 0.102. The van der Waals surface area contributed by atoms with E-state index >= 15 is 0 Å². The van der Waals surface area contributed by atoms with E-state index in [0.29, 0.717) is 23.5 Å². The minimum absolute atomic E-state index is 0.134. The highest BCUT2D eigenvalue weighted by Gasteiger charge is 2.31. The van der Waals surface area contributed by atoms with Crippen molar-refractivity contribution in [1.29, 1.82) is 0 Å². The molecule has 0 saturated carbocycles. The molecule has 238 valence electrons. The van der Waals surface area contributed by atoms with Crippen molar-refractivity contribution in [1.82, 2.24) is 15.7 Å². The van der Waals surface area contributed by atoms with Gasteiger partial charge in [-0.05, 0) is 97.8 Å². The van der Waals surface area contributed by atoms with E-state index in [4.69, 9.17) is 14.2 Å². The Balaban J connectivity index is 1.71. The number of aryl methyl sites for hydroxylation is 2. The van der Waals surface area contributed by atoms with Crippen molar-refractivity contribution in [2.45, 2.75) is 40.5 Å². The topological polar surface area (TPSA) is 147 Å². The molecule has 11 nitrogen and oxygen atoms in total. The molecule has 0 aliphatic rings. The number of hydrazine groups is 2. The fraction of sp³-hybridized carbons (Fsp3) is 0.355. The lowest BCUT2D eigenvalue weighted by molar-refractivity contribution is -0.143. The first-order chi connectivity index (χ1) is 20.9. The van der Waals surface area contributed by atoms with Crippen molar-refractivity contribution in [3.05, 3.63) is 93.8 Å². The highest BCUT2D eigenvalue weighted by Crippen LogP contribution is 2.42. The monoisotopic (exact) mass is 631 g/mol. The van der Waals surface area contributed by atoms with Crippen LogP contribution in [-0.2, 0) is 36.5 Å². The van der Waals surface area contributed by atoms with Gasteiger partial charge in [0, 0.05) is 6.42 Å². The molecule has 1 unspecified atom stereocenters. The zero-order valence-electron chi connectivity index (χ0n) is 25.3. The van der Waals surface area contributed by atoms with Crippen LogP contribution >= 0.6 is 7.52 Å². The Labute approximate surface area is 256 Å². The van der Waals surface area contributed by atoms with Crippen LogP contribution in [0.25, 0.3) is 0 Å². The highest BCUT2D eigenvalue weighted by molar-refractivity contribution is 7.55. The summed E-state index contributed by atoms with van der Waals surface area (Å²) in [7, 11) is -4.33. The summed E-state index contributed by atoms with van der Waals surface area (Å²) in [5.74, 6) is -1.12. The average Bonchev–Trinajstić information content (AvgIpc) is 2.97. The Bertz CT molecular complexity index is 1440. The number of carbonyl (C=O) groups is 2. The fourth-order valence-electron chi connectivity index (χ4n) is 4.43. The van der Waals surface area contributed by atoms with E-state index in [0.717, 1.165) is 33.4 Å². The Morgan fingerprint density at radius 1 is 0.864 bits per heavy atom. The zero-order valence-corrected chi connectivity index (χ0v) is 26.2. The Morgan fingerprint density at radius 2 is 1.41 bits per heavy atom. The molecule has 0 heterocycles. The van der Waals surface area contributed by atoms with Gasteiger partial charge in [-0.1, -0.05) is 29.2 Å². The van der Waals surface area contributed by atoms with E-state index in [1.54, 1.807) is 44.2 Å². The van der Waals surface area contributed by atoms with Crippen LogP contribution in [0.15, 0.2) is 54.6 Å². The second-order valence-corrected chi connectivity index (χ2v) is 12.0. The molecule has 0 saturated heterocycles. The molecule has 4 N–H and O–H groups in total. The van der Waals surface area contributed by atoms with Crippen LogP contribution in [-0.4, -0.2) is 59.5 Å². The molecule has 0 aliphatic heterocycles. The molecular weight excluding hydrogens is 592 g/mol. The van der Waals surface area contributed by atoms with Crippen LogP contribution in [0, 0.1) is 19.7 Å². The predicted octanol–water partition coefficient (Wildman–Crippen LogP) is 4.29. The predicted molar refractivity (Wildman–Crippen MR) is 162 cm³/mol. The third kappa shape index (κ3) is 10.4. The van der Waals surface area contributed by atoms with Gasteiger partial charge >= 0.3 is 19.5 Å². The summed E-state index contributed by atoms with van der Waals surface area (Å²) in [4.78, 5) is 35.1. The third-order valence-electron chi connectivity index (χ3n) is 6.57. The van der Waals surface area contributed by atoms with Gasteiger partial charge in [-0.25, -0.2) is 15.2 Å². The number of nitrogens with one attached hydrogen (secondary N) is 2. The van der Waals surface area contributed by atoms with Gasteiger partial charge in [0.25, 0.3) is 0 Å². The summed E-state index contributed by atoms with van der Waals surface area (Å²) in [5, 5.41) is 10.4. The molecular formula is C31H39FN3O8P. The number of halogens is 1. The minimum Gasteiger partial charge on any atom is -0.508 e. The van der Waals surface area contributed by atoms with Gasteiger partial charge in [0.1, 0.15) is 30.4 Å². The van der Waals surface area contributed by atoms with Crippen LogP contribution in [0.3, 0.4) is 0 Å². The number of aromatic hydroxyl groups is 1. The van der Waals surface area contributed by atoms with Crippen molar-refractivity contribution in [3.8, 4) is 11.5 Å². The second-order valence-electron chi connectivity index (χ2n) is 10.0. The molecule has 0 fully saturated rings. The summed E-state index contributed by atoms with van der Waals surface area (Å²) >= 11 is 0. The molecule has 0 radical (unpaired) electrons. The van der Waals surface area contributed by atoms with E-state index in [9.17, 15) is 28.5 Å². The number of phenolic OH excluding ortho intramolecular Hbond substituents is 1. The smallest absolute Gasteiger partial charge is 0.333 e. The lowest BCUT2D eigenvalue weighted by Crippen LogP contribution is -2.50. The summed E-state index contributed by atoms with van der Waals surface area (Å²) in [5.41, 5.74) is 10.3. The number of nitrogens with zero attached hydrogens (tertiary/aromatic N) is 1. The largest absolute Gasteiger partial charge is 0.508 e. The maximum Gasteiger partial charge on any atom is 0.333 e. The minimum atomic E-state index is -4.33. The van der Waals surface area contributed by atoms with Crippen LogP contribution in [0.4, 0.5) is 4.39 Å². The summed E-state index contributed by atoms with van der Waals surface area (Å²) in [6.45, 7) is 6.49. The number of hydrogen-bond acceptors (Lipinski definition) is 9. The number of esters is 2.